The number of anilines is 1. The molecule has 2 rings (SSSR count). The van der Waals surface area contributed by atoms with Crippen LogP contribution in [0.25, 0.3) is 0 Å². The average molecular weight is 303 g/mol. The molecule has 0 bridgehead atoms. The lowest BCUT2D eigenvalue weighted by molar-refractivity contribution is 0.405. The summed E-state index contributed by atoms with van der Waals surface area (Å²) >= 11 is 0. The van der Waals surface area contributed by atoms with Crippen molar-refractivity contribution in [1.82, 2.24) is 0 Å². The van der Waals surface area contributed by atoms with Gasteiger partial charge in [-0.3, -0.25) is 4.99 Å². The van der Waals surface area contributed by atoms with Crippen LogP contribution >= 0.6 is 0 Å². The summed E-state index contributed by atoms with van der Waals surface area (Å²) in [6, 6.07) is 5.51. The summed E-state index contributed by atoms with van der Waals surface area (Å²) in [6.07, 6.45) is 8.34. The quantitative estimate of drug-likeness (QED) is 0.480. The summed E-state index contributed by atoms with van der Waals surface area (Å²) in [7, 11) is 3.25. The molecule has 5 heteroatoms. The highest BCUT2D eigenvalue weighted by Crippen LogP contribution is 2.28. The zero-order valence-corrected chi connectivity index (χ0v) is 13.4. The fraction of sp³-hybridized carbons (Fsp3) is 0.471. The summed E-state index contributed by atoms with van der Waals surface area (Å²) < 4.78 is 10.5. The van der Waals surface area contributed by atoms with Gasteiger partial charge in [-0.15, -0.1) is 0 Å². The molecule has 5 nitrogen and oxygen atoms in total. The number of nitrogens with zero attached hydrogens (tertiary/aromatic N) is 1. The first-order valence-corrected chi connectivity index (χ1v) is 7.70. The van der Waals surface area contributed by atoms with Crippen molar-refractivity contribution in [3.8, 4) is 11.5 Å². The highest BCUT2D eigenvalue weighted by atomic mass is 16.5. The first-order valence-electron chi connectivity index (χ1n) is 7.70. The number of aliphatic imine (C=N–C) groups is 1. The SMILES string of the molecule is COc1ccc(OC)c(NC(N)=NCCC2=CCCCC2)c1. The number of methoxy groups -OCH3 is 2. The summed E-state index contributed by atoms with van der Waals surface area (Å²) in [5.74, 6) is 1.83. The van der Waals surface area contributed by atoms with E-state index >= 15 is 0 Å². The monoisotopic (exact) mass is 303 g/mol. The zero-order valence-electron chi connectivity index (χ0n) is 13.4. The minimum absolute atomic E-state index is 0.392. The van der Waals surface area contributed by atoms with Crippen LogP contribution in [0.4, 0.5) is 5.69 Å². The fourth-order valence-corrected chi connectivity index (χ4v) is 2.54. The molecule has 1 aromatic carbocycles. The molecule has 0 heterocycles. The molecule has 0 aliphatic heterocycles. The molecule has 0 fully saturated rings. The Morgan fingerprint density at radius 3 is 2.82 bits per heavy atom. The molecule has 0 aromatic heterocycles. The molecule has 0 amide bonds. The minimum Gasteiger partial charge on any atom is -0.497 e. The lowest BCUT2D eigenvalue weighted by Gasteiger charge is -2.13. The topological polar surface area (TPSA) is 68.9 Å². The van der Waals surface area contributed by atoms with Crippen LogP contribution in [0.3, 0.4) is 0 Å². The highest BCUT2D eigenvalue weighted by Gasteiger charge is 2.06. The molecule has 1 aliphatic carbocycles. The Bertz CT molecular complexity index is 553. The van der Waals surface area contributed by atoms with Crippen molar-refractivity contribution >= 4 is 11.6 Å². The molecule has 0 spiro atoms. The van der Waals surface area contributed by atoms with Gasteiger partial charge in [-0.2, -0.15) is 0 Å². The lowest BCUT2D eigenvalue weighted by atomic mass is 9.97. The van der Waals surface area contributed by atoms with E-state index in [2.05, 4.69) is 16.4 Å². The third-order valence-corrected chi connectivity index (χ3v) is 3.77. The predicted octanol–water partition coefficient (Wildman–Crippen LogP) is 3.32. The van der Waals surface area contributed by atoms with E-state index in [0.717, 1.165) is 17.9 Å². The van der Waals surface area contributed by atoms with E-state index in [4.69, 9.17) is 15.2 Å². The molecular weight excluding hydrogens is 278 g/mol. The van der Waals surface area contributed by atoms with Gasteiger partial charge in [0.05, 0.1) is 19.9 Å². The maximum absolute atomic E-state index is 5.96. The van der Waals surface area contributed by atoms with E-state index in [1.807, 2.05) is 18.2 Å². The van der Waals surface area contributed by atoms with Crippen LogP contribution in [-0.2, 0) is 0 Å². The number of rotatable bonds is 6. The first-order chi connectivity index (χ1) is 10.7. The first kappa shape index (κ1) is 16.2. The fourth-order valence-electron chi connectivity index (χ4n) is 2.54. The predicted molar refractivity (Wildman–Crippen MR) is 90.8 cm³/mol. The minimum atomic E-state index is 0.392. The Hall–Kier alpha value is -2.17. The number of benzene rings is 1. The van der Waals surface area contributed by atoms with Gasteiger partial charge in [0.1, 0.15) is 11.5 Å². The van der Waals surface area contributed by atoms with Gasteiger partial charge in [0, 0.05) is 12.6 Å². The molecule has 120 valence electrons. The third-order valence-electron chi connectivity index (χ3n) is 3.77. The van der Waals surface area contributed by atoms with Gasteiger partial charge in [0.2, 0.25) is 0 Å². The second-order valence-corrected chi connectivity index (χ2v) is 5.32. The standard InChI is InChI=1S/C17H25N3O2/c1-21-14-8-9-16(22-2)15(12-14)20-17(18)19-11-10-13-6-4-3-5-7-13/h6,8-9,12H,3-5,7,10-11H2,1-2H3,(H3,18,19,20). The van der Waals surface area contributed by atoms with Crippen LogP contribution in [0.2, 0.25) is 0 Å². The Morgan fingerprint density at radius 2 is 2.14 bits per heavy atom. The van der Waals surface area contributed by atoms with Gasteiger partial charge in [0.15, 0.2) is 5.96 Å². The van der Waals surface area contributed by atoms with Crippen molar-refractivity contribution in [1.29, 1.82) is 0 Å². The van der Waals surface area contributed by atoms with Gasteiger partial charge in [0.25, 0.3) is 0 Å². The van der Waals surface area contributed by atoms with Crippen molar-refractivity contribution < 1.29 is 9.47 Å². The highest BCUT2D eigenvalue weighted by molar-refractivity contribution is 5.94. The van der Waals surface area contributed by atoms with Gasteiger partial charge in [-0.25, -0.2) is 0 Å². The van der Waals surface area contributed by atoms with Crippen LogP contribution < -0.4 is 20.5 Å². The van der Waals surface area contributed by atoms with Gasteiger partial charge < -0.3 is 20.5 Å². The second kappa shape index (κ2) is 8.32. The number of hydrogen-bond donors (Lipinski definition) is 2. The number of nitrogens with two attached hydrogens (primary N) is 1. The molecule has 1 aromatic rings. The summed E-state index contributed by atoms with van der Waals surface area (Å²) in [4.78, 5) is 4.39. The largest absolute Gasteiger partial charge is 0.497 e. The zero-order chi connectivity index (χ0) is 15.8. The lowest BCUT2D eigenvalue weighted by Crippen LogP contribution is -2.23. The Morgan fingerprint density at radius 1 is 1.27 bits per heavy atom. The summed E-state index contributed by atoms with van der Waals surface area (Å²) in [6.45, 7) is 0.705. The number of nitrogens with one attached hydrogen (secondary N) is 1. The van der Waals surface area contributed by atoms with E-state index in [0.29, 0.717) is 18.3 Å². The molecule has 0 radical (unpaired) electrons. The number of allylic oxidation sites excluding steroid dienone is 1. The Labute approximate surface area is 132 Å². The average Bonchev–Trinajstić information content (AvgIpc) is 2.55. The molecule has 0 atom stereocenters. The van der Waals surface area contributed by atoms with Crippen molar-refractivity contribution in [2.45, 2.75) is 32.1 Å². The van der Waals surface area contributed by atoms with Crippen LogP contribution in [0.15, 0.2) is 34.8 Å². The molecule has 3 N–H and O–H groups in total. The smallest absolute Gasteiger partial charge is 0.193 e. The Kier molecular flexibility index (Phi) is 6.13. The van der Waals surface area contributed by atoms with E-state index in [1.165, 1.54) is 31.3 Å². The van der Waals surface area contributed by atoms with Gasteiger partial charge >= 0.3 is 0 Å². The summed E-state index contributed by atoms with van der Waals surface area (Å²) in [5, 5.41) is 3.08. The van der Waals surface area contributed by atoms with Crippen molar-refractivity contribution in [2.75, 3.05) is 26.1 Å². The van der Waals surface area contributed by atoms with Crippen LogP contribution in [0.5, 0.6) is 11.5 Å². The van der Waals surface area contributed by atoms with Crippen molar-refractivity contribution in [3.63, 3.8) is 0 Å². The molecule has 0 saturated heterocycles. The van der Waals surface area contributed by atoms with Gasteiger partial charge in [-0.1, -0.05) is 11.6 Å². The van der Waals surface area contributed by atoms with E-state index in [1.54, 1.807) is 14.2 Å². The maximum atomic E-state index is 5.96. The van der Waals surface area contributed by atoms with Crippen molar-refractivity contribution in [3.05, 3.63) is 29.8 Å². The molecule has 0 unspecified atom stereocenters. The van der Waals surface area contributed by atoms with Crippen LogP contribution in [0, 0.1) is 0 Å². The van der Waals surface area contributed by atoms with Crippen molar-refractivity contribution in [2.24, 2.45) is 10.7 Å². The Balaban J connectivity index is 1.94. The third kappa shape index (κ3) is 4.69. The molecular formula is C17H25N3O2. The number of ether oxygens (including phenoxy) is 2. The normalized spacial score (nSPS) is 15.2. The second-order valence-electron chi connectivity index (χ2n) is 5.32. The van der Waals surface area contributed by atoms with E-state index in [-0.39, 0.29) is 0 Å². The van der Waals surface area contributed by atoms with E-state index < -0.39 is 0 Å². The number of guanidine groups is 1. The number of hydrogen-bond acceptors (Lipinski definition) is 3. The summed E-state index contributed by atoms with van der Waals surface area (Å²) in [5.41, 5.74) is 8.21. The van der Waals surface area contributed by atoms with Gasteiger partial charge in [-0.05, 0) is 44.2 Å². The molecule has 22 heavy (non-hydrogen) atoms. The van der Waals surface area contributed by atoms with Crippen LogP contribution in [-0.4, -0.2) is 26.7 Å². The molecule has 0 saturated carbocycles. The van der Waals surface area contributed by atoms with E-state index in [9.17, 15) is 0 Å². The maximum Gasteiger partial charge on any atom is 0.193 e. The molecule has 1 aliphatic rings. The van der Waals surface area contributed by atoms with Crippen LogP contribution in [0.1, 0.15) is 32.1 Å².